The molecule has 5 nitrogen and oxygen atoms in total. The first-order valence-electron chi connectivity index (χ1n) is 8.15. The van der Waals surface area contributed by atoms with Crippen molar-refractivity contribution in [2.45, 2.75) is 52.1 Å². The topological polar surface area (TPSA) is 51.3 Å². The summed E-state index contributed by atoms with van der Waals surface area (Å²) in [7, 11) is 0. The van der Waals surface area contributed by atoms with E-state index in [0.29, 0.717) is 17.8 Å². The van der Waals surface area contributed by atoms with Gasteiger partial charge in [-0.1, -0.05) is 0 Å². The van der Waals surface area contributed by atoms with E-state index in [-0.39, 0.29) is 11.9 Å². The molecule has 1 atom stereocenters. The summed E-state index contributed by atoms with van der Waals surface area (Å²) >= 11 is 0. The van der Waals surface area contributed by atoms with Gasteiger partial charge < -0.3 is 9.32 Å². The molecule has 3 rings (SSSR count). The number of likely N-dealkylation sites (tertiary alicyclic amines) is 1. The molecule has 1 aliphatic heterocycles. The first-order valence-corrected chi connectivity index (χ1v) is 8.15. The van der Waals surface area contributed by atoms with Crippen molar-refractivity contribution in [3.63, 3.8) is 0 Å². The summed E-state index contributed by atoms with van der Waals surface area (Å²) < 4.78 is 31.9. The molecular formula is C17H21F2N3O2. The molecule has 0 bridgehead atoms. The third-order valence-electron chi connectivity index (χ3n) is 4.36. The first-order chi connectivity index (χ1) is 11.5. The molecule has 0 N–H and O–H groups in total. The van der Waals surface area contributed by atoms with Crippen molar-refractivity contribution < 1.29 is 18.0 Å². The minimum atomic E-state index is -2.50. The van der Waals surface area contributed by atoms with Crippen LogP contribution in [0.4, 0.5) is 8.78 Å². The van der Waals surface area contributed by atoms with E-state index in [2.05, 4.69) is 5.10 Å². The molecule has 1 saturated heterocycles. The monoisotopic (exact) mass is 337 g/mol. The van der Waals surface area contributed by atoms with Gasteiger partial charge in [-0.2, -0.15) is 5.10 Å². The molecule has 0 spiro atoms. The minimum absolute atomic E-state index is 0.113. The van der Waals surface area contributed by atoms with Crippen LogP contribution >= 0.6 is 0 Å². The number of halogens is 2. The van der Waals surface area contributed by atoms with Crippen LogP contribution in [0.25, 0.3) is 0 Å². The molecule has 2 aromatic rings. The SMILES string of the molecule is Cc1ccc(C2CCCCN2C(=O)c2cn(CC(F)F)nc2C)o1. The summed E-state index contributed by atoms with van der Waals surface area (Å²) in [5, 5.41) is 4.03. The Balaban J connectivity index is 1.85. The van der Waals surface area contributed by atoms with Gasteiger partial charge in [0.05, 0.1) is 17.3 Å². The Morgan fingerprint density at radius 2 is 2.17 bits per heavy atom. The van der Waals surface area contributed by atoms with Crippen LogP contribution in [-0.4, -0.2) is 33.6 Å². The van der Waals surface area contributed by atoms with Gasteiger partial charge in [0.2, 0.25) is 0 Å². The molecule has 1 aliphatic rings. The number of alkyl halides is 2. The molecule has 0 aromatic carbocycles. The second kappa shape index (κ2) is 6.75. The number of nitrogens with zero attached hydrogens (tertiary/aromatic N) is 3. The highest BCUT2D eigenvalue weighted by Crippen LogP contribution is 2.33. The van der Waals surface area contributed by atoms with E-state index in [1.165, 1.54) is 6.20 Å². The predicted octanol–water partition coefficient (Wildman–Crippen LogP) is 3.73. The van der Waals surface area contributed by atoms with Gasteiger partial charge in [-0.15, -0.1) is 0 Å². The number of hydrogen-bond acceptors (Lipinski definition) is 3. The van der Waals surface area contributed by atoms with Crippen LogP contribution in [-0.2, 0) is 6.54 Å². The van der Waals surface area contributed by atoms with Crippen LogP contribution in [0.15, 0.2) is 22.7 Å². The number of rotatable bonds is 4. The standard InChI is InChI=1S/C17H21F2N3O2/c1-11-6-7-15(24-11)14-5-3-4-8-22(14)17(23)13-9-21(10-16(18)19)20-12(13)2/h6-7,9,14,16H,3-5,8,10H2,1-2H3. The molecule has 2 aromatic heterocycles. The van der Waals surface area contributed by atoms with Crippen molar-refractivity contribution in [3.8, 4) is 0 Å². The number of amides is 1. The molecule has 1 fully saturated rings. The van der Waals surface area contributed by atoms with Crippen LogP contribution in [0, 0.1) is 13.8 Å². The second-order valence-electron chi connectivity index (χ2n) is 6.20. The maximum Gasteiger partial charge on any atom is 0.257 e. The van der Waals surface area contributed by atoms with Gasteiger partial charge in [-0.25, -0.2) is 8.78 Å². The summed E-state index contributed by atoms with van der Waals surface area (Å²) in [5.74, 6) is 1.41. The van der Waals surface area contributed by atoms with Crippen molar-refractivity contribution in [1.29, 1.82) is 0 Å². The Kier molecular flexibility index (Phi) is 4.69. The third-order valence-corrected chi connectivity index (χ3v) is 4.36. The number of aromatic nitrogens is 2. The zero-order valence-corrected chi connectivity index (χ0v) is 13.8. The van der Waals surface area contributed by atoms with Crippen molar-refractivity contribution >= 4 is 5.91 Å². The van der Waals surface area contributed by atoms with Gasteiger partial charge in [0.1, 0.15) is 18.1 Å². The van der Waals surface area contributed by atoms with Gasteiger partial charge >= 0.3 is 0 Å². The zero-order valence-electron chi connectivity index (χ0n) is 13.8. The van der Waals surface area contributed by atoms with Crippen LogP contribution < -0.4 is 0 Å². The molecule has 24 heavy (non-hydrogen) atoms. The first kappa shape index (κ1) is 16.7. The van der Waals surface area contributed by atoms with Crippen LogP contribution in [0.3, 0.4) is 0 Å². The van der Waals surface area contributed by atoms with Crippen molar-refractivity contribution in [1.82, 2.24) is 14.7 Å². The van der Waals surface area contributed by atoms with Crippen LogP contribution in [0.2, 0.25) is 0 Å². The van der Waals surface area contributed by atoms with Crippen molar-refractivity contribution in [2.75, 3.05) is 6.54 Å². The Morgan fingerprint density at radius 3 is 2.83 bits per heavy atom. The Hall–Kier alpha value is -2.18. The van der Waals surface area contributed by atoms with Crippen molar-refractivity contribution in [3.05, 3.63) is 41.1 Å². The fourth-order valence-electron chi connectivity index (χ4n) is 3.22. The average molecular weight is 337 g/mol. The third kappa shape index (κ3) is 3.34. The average Bonchev–Trinajstić information content (AvgIpc) is 3.12. The highest BCUT2D eigenvalue weighted by atomic mass is 19.3. The summed E-state index contributed by atoms with van der Waals surface area (Å²) in [6.07, 6.45) is 1.71. The summed E-state index contributed by atoms with van der Waals surface area (Å²) in [5.41, 5.74) is 0.853. The predicted molar refractivity (Wildman–Crippen MR) is 84.0 cm³/mol. The van der Waals surface area contributed by atoms with Crippen molar-refractivity contribution in [2.24, 2.45) is 0 Å². The van der Waals surface area contributed by atoms with Gasteiger partial charge in [-0.05, 0) is 45.2 Å². The molecule has 0 aliphatic carbocycles. The summed E-state index contributed by atoms with van der Waals surface area (Å²) in [6.45, 7) is 3.67. The second-order valence-corrected chi connectivity index (χ2v) is 6.20. The molecule has 3 heterocycles. The van der Waals surface area contributed by atoms with Gasteiger partial charge in [0, 0.05) is 12.7 Å². The lowest BCUT2D eigenvalue weighted by Crippen LogP contribution is -2.38. The summed E-state index contributed by atoms with van der Waals surface area (Å²) in [6, 6.07) is 3.68. The number of furan rings is 1. The minimum Gasteiger partial charge on any atom is -0.464 e. The number of aryl methyl sites for hydroxylation is 2. The lowest BCUT2D eigenvalue weighted by atomic mass is 9.99. The molecule has 0 radical (unpaired) electrons. The highest BCUT2D eigenvalue weighted by molar-refractivity contribution is 5.95. The van der Waals surface area contributed by atoms with Gasteiger partial charge in [0.25, 0.3) is 12.3 Å². The smallest absolute Gasteiger partial charge is 0.257 e. The van der Waals surface area contributed by atoms with E-state index in [0.717, 1.165) is 35.5 Å². The van der Waals surface area contributed by atoms with E-state index in [1.807, 2.05) is 19.1 Å². The summed E-state index contributed by atoms with van der Waals surface area (Å²) in [4.78, 5) is 14.7. The molecule has 0 saturated carbocycles. The molecule has 7 heteroatoms. The maximum atomic E-state index is 13.0. The number of piperidine rings is 1. The maximum absolute atomic E-state index is 13.0. The lowest BCUT2D eigenvalue weighted by Gasteiger charge is -2.34. The number of carbonyl (C=O) groups excluding carboxylic acids is 1. The molecule has 1 amide bonds. The largest absolute Gasteiger partial charge is 0.464 e. The fourth-order valence-corrected chi connectivity index (χ4v) is 3.22. The molecular weight excluding hydrogens is 316 g/mol. The quantitative estimate of drug-likeness (QED) is 0.854. The Labute approximate surface area is 139 Å². The Bertz CT molecular complexity index is 723. The van der Waals surface area contributed by atoms with Crippen LogP contribution in [0.1, 0.15) is 52.9 Å². The van der Waals surface area contributed by atoms with E-state index in [4.69, 9.17) is 4.42 Å². The fraction of sp³-hybridized carbons (Fsp3) is 0.529. The van der Waals surface area contributed by atoms with E-state index < -0.39 is 13.0 Å². The molecule has 1 unspecified atom stereocenters. The van der Waals surface area contributed by atoms with Gasteiger partial charge in [-0.3, -0.25) is 9.48 Å². The van der Waals surface area contributed by atoms with E-state index in [9.17, 15) is 13.6 Å². The zero-order chi connectivity index (χ0) is 17.3. The molecule has 130 valence electrons. The number of hydrogen-bond donors (Lipinski definition) is 0. The number of carbonyl (C=O) groups is 1. The van der Waals surface area contributed by atoms with E-state index >= 15 is 0 Å². The lowest BCUT2D eigenvalue weighted by molar-refractivity contribution is 0.0577. The van der Waals surface area contributed by atoms with Gasteiger partial charge in [0.15, 0.2) is 0 Å². The Morgan fingerprint density at radius 1 is 1.38 bits per heavy atom. The highest BCUT2D eigenvalue weighted by Gasteiger charge is 2.32. The van der Waals surface area contributed by atoms with E-state index in [1.54, 1.807) is 11.8 Å². The normalized spacial score (nSPS) is 18.4. The van der Waals surface area contributed by atoms with Crippen LogP contribution in [0.5, 0.6) is 0 Å².